The average molecular weight is 327 g/mol. The van der Waals surface area contributed by atoms with Gasteiger partial charge < -0.3 is 10.4 Å². The molecule has 0 aliphatic heterocycles. The van der Waals surface area contributed by atoms with Crippen LogP contribution in [0.3, 0.4) is 0 Å². The predicted octanol–water partition coefficient (Wildman–Crippen LogP) is 4.73. The zero-order valence-corrected chi connectivity index (χ0v) is 12.2. The van der Waals surface area contributed by atoms with E-state index in [1.54, 1.807) is 6.07 Å². The number of benzene rings is 2. The van der Waals surface area contributed by atoms with E-state index < -0.39 is 0 Å². The molecular formula is C14H13BrClNO. The molecule has 4 heteroatoms. The second-order valence-corrected chi connectivity index (χ2v) is 5.41. The summed E-state index contributed by atoms with van der Waals surface area (Å²) in [5.41, 5.74) is 2.84. The van der Waals surface area contributed by atoms with Gasteiger partial charge >= 0.3 is 0 Å². The number of phenols is 1. The van der Waals surface area contributed by atoms with Gasteiger partial charge in [-0.1, -0.05) is 33.6 Å². The molecule has 0 fully saturated rings. The third kappa shape index (κ3) is 3.18. The molecule has 0 heterocycles. The Morgan fingerprint density at radius 3 is 2.67 bits per heavy atom. The third-order valence-corrected chi connectivity index (χ3v) is 3.54. The normalized spacial score (nSPS) is 10.4. The van der Waals surface area contributed by atoms with Crippen molar-refractivity contribution in [2.45, 2.75) is 13.5 Å². The Labute approximate surface area is 120 Å². The molecule has 0 saturated heterocycles. The Kier molecular flexibility index (Phi) is 4.15. The molecule has 18 heavy (non-hydrogen) atoms. The Morgan fingerprint density at radius 2 is 2.00 bits per heavy atom. The van der Waals surface area contributed by atoms with Crippen molar-refractivity contribution in [3.05, 3.63) is 57.0 Å². The molecule has 2 aromatic carbocycles. The van der Waals surface area contributed by atoms with Gasteiger partial charge in [-0.3, -0.25) is 0 Å². The highest BCUT2D eigenvalue weighted by Gasteiger charge is 2.02. The molecule has 2 rings (SSSR count). The van der Waals surface area contributed by atoms with Crippen LogP contribution < -0.4 is 5.32 Å². The van der Waals surface area contributed by atoms with E-state index in [2.05, 4.69) is 21.2 Å². The lowest BCUT2D eigenvalue weighted by Gasteiger charge is -2.09. The largest absolute Gasteiger partial charge is 0.508 e. The van der Waals surface area contributed by atoms with Crippen LogP contribution in [0.5, 0.6) is 5.75 Å². The summed E-state index contributed by atoms with van der Waals surface area (Å²) < 4.78 is 0.969. The number of halogens is 2. The van der Waals surface area contributed by atoms with E-state index in [0.29, 0.717) is 12.3 Å². The molecule has 0 aliphatic carbocycles. The van der Waals surface area contributed by atoms with Gasteiger partial charge in [0.25, 0.3) is 0 Å². The van der Waals surface area contributed by atoms with Gasteiger partial charge in [0.2, 0.25) is 0 Å². The number of hydrogen-bond acceptors (Lipinski definition) is 2. The molecule has 0 saturated carbocycles. The van der Waals surface area contributed by atoms with Crippen LogP contribution in [0.1, 0.15) is 11.1 Å². The second kappa shape index (κ2) is 5.63. The van der Waals surface area contributed by atoms with Crippen molar-refractivity contribution in [3.63, 3.8) is 0 Å². The Morgan fingerprint density at radius 1 is 1.22 bits per heavy atom. The monoisotopic (exact) mass is 325 g/mol. The van der Waals surface area contributed by atoms with Gasteiger partial charge in [0, 0.05) is 21.7 Å². The van der Waals surface area contributed by atoms with Crippen molar-refractivity contribution in [2.75, 3.05) is 5.32 Å². The van der Waals surface area contributed by atoms with Crippen LogP contribution >= 0.6 is 27.5 Å². The number of phenolic OH excluding ortho intramolecular Hbond substituents is 1. The minimum absolute atomic E-state index is 0.308. The van der Waals surface area contributed by atoms with Crippen LogP contribution in [-0.2, 0) is 6.54 Å². The molecule has 0 atom stereocenters. The minimum Gasteiger partial charge on any atom is -0.508 e. The number of nitrogens with one attached hydrogen (secondary N) is 1. The maximum absolute atomic E-state index is 9.45. The van der Waals surface area contributed by atoms with Gasteiger partial charge in [-0.15, -0.1) is 0 Å². The van der Waals surface area contributed by atoms with Crippen LogP contribution in [0.2, 0.25) is 5.02 Å². The standard InChI is InChI=1S/C14H13BrClNO/c1-9-6-12(4-5-14(9)18)17-8-10-2-3-11(15)7-13(10)16/h2-7,17-18H,8H2,1H3. The van der Waals surface area contributed by atoms with Crippen molar-refractivity contribution in [1.82, 2.24) is 0 Å². The Hall–Kier alpha value is -1.19. The van der Waals surface area contributed by atoms with Crippen molar-refractivity contribution in [2.24, 2.45) is 0 Å². The molecular weight excluding hydrogens is 314 g/mol. The molecule has 0 bridgehead atoms. The quantitative estimate of drug-likeness (QED) is 0.799. The average Bonchev–Trinajstić information content (AvgIpc) is 2.32. The van der Waals surface area contributed by atoms with E-state index >= 15 is 0 Å². The van der Waals surface area contributed by atoms with E-state index in [1.807, 2.05) is 37.3 Å². The molecule has 0 unspecified atom stereocenters. The summed E-state index contributed by atoms with van der Waals surface area (Å²) in [5, 5.41) is 13.5. The van der Waals surface area contributed by atoms with Crippen LogP contribution in [0.25, 0.3) is 0 Å². The lowest BCUT2D eigenvalue weighted by atomic mass is 10.2. The molecule has 2 aromatic rings. The van der Waals surface area contributed by atoms with Crippen LogP contribution in [-0.4, -0.2) is 5.11 Å². The second-order valence-electron chi connectivity index (χ2n) is 4.09. The SMILES string of the molecule is Cc1cc(NCc2ccc(Br)cc2Cl)ccc1O. The lowest BCUT2D eigenvalue weighted by molar-refractivity contribution is 0.471. The highest BCUT2D eigenvalue weighted by molar-refractivity contribution is 9.10. The van der Waals surface area contributed by atoms with E-state index in [-0.39, 0.29) is 0 Å². The maximum Gasteiger partial charge on any atom is 0.118 e. The molecule has 94 valence electrons. The zero-order valence-electron chi connectivity index (χ0n) is 9.87. The first-order valence-electron chi connectivity index (χ1n) is 5.53. The fraction of sp³-hybridized carbons (Fsp3) is 0.143. The summed E-state index contributed by atoms with van der Waals surface area (Å²) in [5.74, 6) is 0.308. The van der Waals surface area contributed by atoms with Crippen molar-refractivity contribution in [3.8, 4) is 5.75 Å². The van der Waals surface area contributed by atoms with Crippen molar-refractivity contribution >= 4 is 33.2 Å². The fourth-order valence-corrected chi connectivity index (χ4v) is 2.37. The number of aryl methyl sites for hydroxylation is 1. The maximum atomic E-state index is 9.45. The van der Waals surface area contributed by atoms with E-state index in [0.717, 1.165) is 26.3 Å². The molecule has 2 nitrogen and oxygen atoms in total. The van der Waals surface area contributed by atoms with E-state index in [4.69, 9.17) is 11.6 Å². The summed E-state index contributed by atoms with van der Waals surface area (Å²) in [6.45, 7) is 2.52. The summed E-state index contributed by atoms with van der Waals surface area (Å²) in [6.07, 6.45) is 0. The van der Waals surface area contributed by atoms with Crippen molar-refractivity contribution in [1.29, 1.82) is 0 Å². The first-order valence-corrected chi connectivity index (χ1v) is 6.71. The summed E-state index contributed by atoms with van der Waals surface area (Å²) in [4.78, 5) is 0. The van der Waals surface area contributed by atoms with Gasteiger partial charge in [0.15, 0.2) is 0 Å². The minimum atomic E-state index is 0.308. The molecule has 0 amide bonds. The van der Waals surface area contributed by atoms with Gasteiger partial charge in [-0.2, -0.15) is 0 Å². The highest BCUT2D eigenvalue weighted by atomic mass is 79.9. The first-order chi connectivity index (χ1) is 8.56. The van der Waals surface area contributed by atoms with Gasteiger partial charge in [0.05, 0.1) is 0 Å². The number of anilines is 1. The number of hydrogen-bond donors (Lipinski definition) is 2. The topological polar surface area (TPSA) is 32.3 Å². The lowest BCUT2D eigenvalue weighted by Crippen LogP contribution is -2.00. The molecule has 0 radical (unpaired) electrons. The Bertz CT molecular complexity index is 572. The summed E-state index contributed by atoms with van der Waals surface area (Å²) in [6, 6.07) is 11.2. The Balaban J connectivity index is 2.09. The van der Waals surface area contributed by atoms with Crippen LogP contribution in [0.15, 0.2) is 40.9 Å². The number of rotatable bonds is 3. The smallest absolute Gasteiger partial charge is 0.118 e. The van der Waals surface area contributed by atoms with E-state index in [9.17, 15) is 5.11 Å². The summed E-state index contributed by atoms with van der Waals surface area (Å²) >= 11 is 9.52. The van der Waals surface area contributed by atoms with Gasteiger partial charge in [-0.05, 0) is 48.4 Å². The molecule has 2 N–H and O–H groups in total. The summed E-state index contributed by atoms with van der Waals surface area (Å²) in [7, 11) is 0. The van der Waals surface area contributed by atoms with Crippen LogP contribution in [0.4, 0.5) is 5.69 Å². The van der Waals surface area contributed by atoms with Gasteiger partial charge in [0.1, 0.15) is 5.75 Å². The first kappa shape index (κ1) is 13.2. The number of aromatic hydroxyl groups is 1. The third-order valence-electron chi connectivity index (χ3n) is 2.69. The fourth-order valence-electron chi connectivity index (χ4n) is 1.63. The molecule has 0 aromatic heterocycles. The molecule has 0 spiro atoms. The van der Waals surface area contributed by atoms with Gasteiger partial charge in [-0.25, -0.2) is 0 Å². The predicted molar refractivity (Wildman–Crippen MR) is 79.3 cm³/mol. The highest BCUT2D eigenvalue weighted by Crippen LogP contribution is 2.24. The molecule has 0 aliphatic rings. The van der Waals surface area contributed by atoms with Crippen LogP contribution in [0, 0.1) is 6.92 Å². The van der Waals surface area contributed by atoms with E-state index in [1.165, 1.54) is 0 Å². The van der Waals surface area contributed by atoms with Crippen molar-refractivity contribution < 1.29 is 5.11 Å². The zero-order chi connectivity index (χ0) is 13.1.